The molecule has 12 heteroatoms. The molecular formula is C26H22F2N7O2P. The molecule has 0 bridgehead atoms. The van der Waals surface area contributed by atoms with E-state index in [0.29, 0.717) is 41.1 Å². The third kappa shape index (κ3) is 4.91. The van der Waals surface area contributed by atoms with E-state index in [1.165, 1.54) is 12.1 Å². The Morgan fingerprint density at radius 1 is 1.16 bits per heavy atom. The van der Waals surface area contributed by atoms with Gasteiger partial charge in [0.25, 0.3) is 5.91 Å². The molecule has 38 heavy (non-hydrogen) atoms. The van der Waals surface area contributed by atoms with E-state index in [9.17, 15) is 18.8 Å². The minimum Gasteiger partial charge on any atom is -0.457 e. The van der Waals surface area contributed by atoms with Gasteiger partial charge in [-0.1, -0.05) is 0 Å². The first kappa shape index (κ1) is 25.2. The van der Waals surface area contributed by atoms with Crippen molar-refractivity contribution in [3.63, 3.8) is 0 Å². The number of hydrogen-bond acceptors (Lipinski definition) is 7. The van der Waals surface area contributed by atoms with E-state index in [2.05, 4.69) is 19.2 Å². The number of nitrogens with two attached hydrogens (primary N) is 1. The lowest BCUT2D eigenvalue weighted by molar-refractivity contribution is -0.128. The summed E-state index contributed by atoms with van der Waals surface area (Å²) in [7, 11) is 2.29. The van der Waals surface area contributed by atoms with Crippen LogP contribution in [0.1, 0.15) is 18.9 Å². The van der Waals surface area contributed by atoms with Crippen LogP contribution >= 0.6 is 9.24 Å². The Morgan fingerprint density at radius 2 is 1.89 bits per heavy atom. The Bertz CT molecular complexity index is 1580. The Hall–Kier alpha value is -4.42. The molecule has 1 aliphatic heterocycles. The number of hydrogen-bond donors (Lipinski definition) is 1. The number of amides is 1. The number of nitriles is 1. The van der Waals surface area contributed by atoms with Crippen molar-refractivity contribution in [2.24, 2.45) is 0 Å². The van der Waals surface area contributed by atoms with E-state index in [-0.39, 0.29) is 29.1 Å². The summed E-state index contributed by atoms with van der Waals surface area (Å²) >= 11 is 0. The molecule has 192 valence electrons. The molecule has 2 aromatic carbocycles. The highest BCUT2D eigenvalue weighted by Gasteiger charge is 2.29. The van der Waals surface area contributed by atoms with Crippen LogP contribution in [0.4, 0.5) is 14.6 Å². The van der Waals surface area contributed by atoms with Crippen molar-refractivity contribution in [3.8, 4) is 28.8 Å². The lowest BCUT2D eigenvalue weighted by atomic mass is 10.0. The highest BCUT2D eigenvalue weighted by atomic mass is 31.0. The predicted octanol–water partition coefficient (Wildman–Crippen LogP) is 4.59. The molecule has 0 radical (unpaired) electrons. The number of aromatic nitrogens is 4. The van der Waals surface area contributed by atoms with Crippen LogP contribution in [0.2, 0.25) is 0 Å². The first-order chi connectivity index (χ1) is 18.4. The normalized spacial score (nSPS) is 15.9. The summed E-state index contributed by atoms with van der Waals surface area (Å²) in [5.74, 6) is 0.305. The maximum absolute atomic E-state index is 13.5. The number of benzene rings is 2. The van der Waals surface area contributed by atoms with E-state index < -0.39 is 11.6 Å². The second kappa shape index (κ2) is 10.5. The minimum absolute atomic E-state index is 0.0371. The molecular weight excluding hydrogens is 511 g/mol. The summed E-state index contributed by atoms with van der Waals surface area (Å²) in [6.07, 6.45) is 2.86. The Labute approximate surface area is 218 Å². The molecule has 0 aliphatic carbocycles. The number of anilines is 1. The van der Waals surface area contributed by atoms with Crippen LogP contribution in [0.5, 0.6) is 11.5 Å². The quantitative estimate of drug-likeness (QED) is 0.226. The van der Waals surface area contributed by atoms with Crippen molar-refractivity contribution in [2.75, 3.05) is 18.8 Å². The van der Waals surface area contributed by atoms with E-state index in [4.69, 9.17) is 15.6 Å². The third-order valence-corrected chi connectivity index (χ3v) is 6.60. The Morgan fingerprint density at radius 3 is 2.58 bits per heavy atom. The fraction of sp³-hybridized carbons (Fsp3) is 0.192. The van der Waals surface area contributed by atoms with E-state index in [1.54, 1.807) is 33.8 Å². The van der Waals surface area contributed by atoms with Gasteiger partial charge in [0.05, 0.1) is 11.4 Å². The molecule has 5 rings (SSSR count). The van der Waals surface area contributed by atoms with Crippen LogP contribution in [-0.2, 0) is 4.79 Å². The predicted molar refractivity (Wildman–Crippen MR) is 140 cm³/mol. The molecule has 1 saturated heterocycles. The van der Waals surface area contributed by atoms with Crippen LogP contribution in [0.3, 0.4) is 0 Å². The van der Waals surface area contributed by atoms with E-state index in [0.717, 1.165) is 31.0 Å². The van der Waals surface area contributed by atoms with Crippen molar-refractivity contribution in [2.45, 2.75) is 18.9 Å². The molecule has 1 aliphatic rings. The Balaban J connectivity index is 1.47. The molecule has 2 aromatic heterocycles. The molecule has 0 saturated carbocycles. The summed E-state index contributed by atoms with van der Waals surface area (Å²) < 4.78 is 34.4. The van der Waals surface area contributed by atoms with Crippen LogP contribution in [0.15, 0.2) is 60.2 Å². The monoisotopic (exact) mass is 533 g/mol. The standard InChI is InChI=1S/C26H22F2N7O2P/c27-17-8-18(28)10-21(9-17)37-20-5-3-15(4-6-20)23-22-24(30)31-14-32-25(22)35(33-23)19-2-1-7-34(12-19)26(36)16(11-29)13-38/h3-6,8-10,13-14,19H,1-2,7,12,38H2,(H2,30,31,32)/b16-13+. The van der Waals surface area contributed by atoms with Gasteiger partial charge < -0.3 is 15.4 Å². The average molecular weight is 533 g/mol. The van der Waals surface area contributed by atoms with Gasteiger partial charge in [-0.3, -0.25) is 4.79 Å². The lowest BCUT2D eigenvalue weighted by Gasteiger charge is -2.32. The Kier molecular flexibility index (Phi) is 6.99. The van der Waals surface area contributed by atoms with Gasteiger partial charge >= 0.3 is 0 Å². The number of rotatable bonds is 5. The number of piperidine rings is 1. The molecule has 9 nitrogen and oxygen atoms in total. The van der Waals surface area contributed by atoms with Crippen LogP contribution < -0.4 is 10.5 Å². The largest absolute Gasteiger partial charge is 0.457 e. The molecule has 2 N–H and O–H groups in total. The number of nitrogen functional groups attached to an aromatic ring is 1. The average Bonchev–Trinajstić information content (AvgIpc) is 3.30. The van der Waals surface area contributed by atoms with Gasteiger partial charge in [-0.05, 0) is 42.9 Å². The number of likely N-dealkylation sites (tertiary alicyclic amines) is 1. The van der Waals surface area contributed by atoms with Crippen molar-refractivity contribution in [3.05, 3.63) is 71.8 Å². The van der Waals surface area contributed by atoms with Crippen molar-refractivity contribution >= 4 is 32.0 Å². The molecule has 1 amide bonds. The number of fused-ring (bicyclic) bond motifs is 1. The van der Waals surface area contributed by atoms with Gasteiger partial charge in [0.15, 0.2) is 5.65 Å². The van der Waals surface area contributed by atoms with Gasteiger partial charge in [-0.15, -0.1) is 9.24 Å². The topological polar surface area (TPSA) is 123 Å². The SMILES string of the molecule is N#C/C(=C\P)C(=O)N1CCCC(n2nc(-c3ccc(Oc4cc(F)cc(F)c4)cc3)c3c(N)ncnc32)C1. The lowest BCUT2D eigenvalue weighted by Crippen LogP contribution is -2.41. The van der Waals surface area contributed by atoms with Gasteiger partial charge in [-0.2, -0.15) is 10.4 Å². The third-order valence-electron chi connectivity index (χ3n) is 6.26. The summed E-state index contributed by atoms with van der Waals surface area (Å²) in [5.41, 5.74) is 8.09. The second-order valence-corrected chi connectivity index (χ2v) is 9.05. The highest BCUT2D eigenvalue weighted by molar-refractivity contribution is 7.20. The van der Waals surface area contributed by atoms with Crippen LogP contribution in [0, 0.1) is 23.0 Å². The fourth-order valence-electron chi connectivity index (χ4n) is 4.52. The van der Waals surface area contributed by atoms with E-state index in [1.807, 2.05) is 6.07 Å². The molecule has 1 fully saturated rings. The number of ether oxygens (including phenoxy) is 1. The summed E-state index contributed by atoms with van der Waals surface area (Å²) in [6, 6.07) is 11.5. The fourth-order valence-corrected chi connectivity index (χ4v) is 4.74. The zero-order valence-electron chi connectivity index (χ0n) is 20.0. The van der Waals surface area contributed by atoms with Crippen LogP contribution in [-0.4, -0.2) is 43.6 Å². The zero-order valence-corrected chi connectivity index (χ0v) is 21.2. The first-order valence-electron chi connectivity index (χ1n) is 11.7. The van der Waals surface area contributed by atoms with Gasteiger partial charge in [0.1, 0.15) is 52.6 Å². The number of nitrogens with zero attached hydrogens (tertiary/aromatic N) is 6. The summed E-state index contributed by atoms with van der Waals surface area (Å²) in [6.45, 7) is 0.901. The highest BCUT2D eigenvalue weighted by Crippen LogP contribution is 2.35. The molecule has 2 atom stereocenters. The minimum atomic E-state index is -0.736. The smallest absolute Gasteiger partial charge is 0.264 e. The maximum atomic E-state index is 13.5. The van der Waals surface area contributed by atoms with Crippen molar-refractivity contribution in [1.29, 1.82) is 5.26 Å². The number of halogens is 2. The van der Waals surface area contributed by atoms with Gasteiger partial charge in [0.2, 0.25) is 0 Å². The zero-order chi connectivity index (χ0) is 26.8. The number of carbonyl (C=O) groups excluding carboxylic acids is 1. The van der Waals surface area contributed by atoms with Crippen molar-refractivity contribution in [1.82, 2.24) is 24.6 Å². The maximum Gasteiger partial charge on any atom is 0.264 e. The van der Waals surface area contributed by atoms with Gasteiger partial charge in [0, 0.05) is 36.9 Å². The summed E-state index contributed by atoms with van der Waals surface area (Å²) in [5, 5.41) is 14.7. The van der Waals surface area contributed by atoms with E-state index >= 15 is 0 Å². The number of carbonyl (C=O) groups is 1. The van der Waals surface area contributed by atoms with Crippen LogP contribution in [0.25, 0.3) is 22.3 Å². The second-order valence-electron chi connectivity index (χ2n) is 8.72. The first-order valence-corrected chi connectivity index (χ1v) is 12.4. The molecule has 2 unspecified atom stereocenters. The molecule has 3 heterocycles. The molecule has 4 aromatic rings. The van der Waals surface area contributed by atoms with Gasteiger partial charge in [-0.25, -0.2) is 23.4 Å². The van der Waals surface area contributed by atoms with Crippen molar-refractivity contribution < 1.29 is 18.3 Å². The molecule has 0 spiro atoms. The summed E-state index contributed by atoms with van der Waals surface area (Å²) in [4.78, 5) is 23.0.